The van der Waals surface area contributed by atoms with E-state index in [0.717, 1.165) is 17.7 Å². The first-order valence-corrected chi connectivity index (χ1v) is 7.60. The molecule has 0 fully saturated rings. The van der Waals surface area contributed by atoms with E-state index in [1.54, 1.807) is 38.3 Å². The number of hydrogen-bond donors (Lipinski definition) is 1. The summed E-state index contributed by atoms with van der Waals surface area (Å²) < 4.78 is 36.6. The lowest BCUT2D eigenvalue weighted by Crippen LogP contribution is -2.24. The smallest absolute Gasteiger partial charge is 0.244 e. The Kier molecular flexibility index (Phi) is 6.11. The lowest BCUT2D eigenvalue weighted by Gasteiger charge is -2.13. The van der Waals surface area contributed by atoms with E-state index in [1.165, 1.54) is 19.3 Å². The molecule has 25 heavy (non-hydrogen) atoms. The molecule has 132 valence electrons. The molecule has 1 unspecified atom stereocenters. The molecule has 0 heterocycles. The molecular formula is C19H19F2NO3. The van der Waals surface area contributed by atoms with Gasteiger partial charge in [-0.2, -0.15) is 0 Å². The Hall–Kier alpha value is -2.89. The first-order valence-electron chi connectivity index (χ1n) is 7.60. The molecule has 0 aliphatic carbocycles. The Balaban J connectivity index is 2.03. The SMILES string of the molecule is COc1ccc(C=CC(=O)NC(C)c2ccc(F)c(F)c2)cc1OC. The van der Waals surface area contributed by atoms with Gasteiger partial charge in [-0.05, 0) is 48.4 Å². The normalized spacial score (nSPS) is 12.0. The van der Waals surface area contributed by atoms with Crippen LogP contribution in [0.4, 0.5) is 8.78 Å². The van der Waals surface area contributed by atoms with Crippen molar-refractivity contribution < 1.29 is 23.0 Å². The monoisotopic (exact) mass is 347 g/mol. The Morgan fingerprint density at radius 2 is 1.76 bits per heavy atom. The Morgan fingerprint density at radius 3 is 2.40 bits per heavy atom. The summed E-state index contributed by atoms with van der Waals surface area (Å²) in [6, 6.07) is 8.33. The van der Waals surface area contributed by atoms with Gasteiger partial charge in [0, 0.05) is 6.08 Å². The molecule has 1 N–H and O–H groups in total. The molecule has 4 nitrogen and oxygen atoms in total. The average Bonchev–Trinajstić information content (AvgIpc) is 2.61. The number of ether oxygens (including phenoxy) is 2. The number of carbonyl (C=O) groups excluding carboxylic acids is 1. The zero-order chi connectivity index (χ0) is 18.4. The van der Waals surface area contributed by atoms with Crippen LogP contribution in [-0.4, -0.2) is 20.1 Å². The van der Waals surface area contributed by atoms with Gasteiger partial charge in [0.25, 0.3) is 0 Å². The van der Waals surface area contributed by atoms with E-state index in [9.17, 15) is 13.6 Å². The van der Waals surface area contributed by atoms with Crippen LogP contribution in [0.3, 0.4) is 0 Å². The fraction of sp³-hybridized carbons (Fsp3) is 0.211. The van der Waals surface area contributed by atoms with E-state index in [2.05, 4.69) is 5.32 Å². The second-order valence-electron chi connectivity index (χ2n) is 5.35. The molecule has 2 rings (SSSR count). The molecule has 0 saturated heterocycles. The number of nitrogens with one attached hydrogen (secondary N) is 1. The third-order valence-corrected chi connectivity index (χ3v) is 3.64. The maximum Gasteiger partial charge on any atom is 0.244 e. The van der Waals surface area contributed by atoms with Crippen molar-refractivity contribution in [3.05, 3.63) is 65.2 Å². The van der Waals surface area contributed by atoms with Crippen LogP contribution in [0.25, 0.3) is 6.08 Å². The van der Waals surface area contributed by atoms with Crippen LogP contribution < -0.4 is 14.8 Å². The highest BCUT2D eigenvalue weighted by Gasteiger charge is 2.11. The van der Waals surface area contributed by atoms with E-state index in [1.807, 2.05) is 0 Å². The van der Waals surface area contributed by atoms with Gasteiger partial charge in [-0.3, -0.25) is 4.79 Å². The third kappa shape index (κ3) is 4.79. The number of amides is 1. The molecule has 1 amide bonds. The van der Waals surface area contributed by atoms with Gasteiger partial charge in [0.15, 0.2) is 23.1 Å². The zero-order valence-electron chi connectivity index (χ0n) is 14.2. The largest absolute Gasteiger partial charge is 0.493 e. The molecule has 2 aromatic carbocycles. The van der Waals surface area contributed by atoms with Crippen LogP contribution in [0, 0.1) is 11.6 Å². The van der Waals surface area contributed by atoms with Crippen molar-refractivity contribution in [3.8, 4) is 11.5 Å². The molecule has 0 radical (unpaired) electrons. The lowest BCUT2D eigenvalue weighted by molar-refractivity contribution is -0.117. The predicted molar refractivity (Wildman–Crippen MR) is 91.5 cm³/mol. The Morgan fingerprint density at radius 1 is 1.04 bits per heavy atom. The number of rotatable bonds is 6. The van der Waals surface area contributed by atoms with E-state index >= 15 is 0 Å². The standard InChI is InChI=1S/C19H19F2NO3/c1-12(14-6-7-15(20)16(21)11-14)22-19(23)9-5-13-4-8-17(24-2)18(10-13)25-3/h4-12H,1-3H3,(H,22,23). The third-order valence-electron chi connectivity index (χ3n) is 3.64. The quantitative estimate of drug-likeness (QED) is 0.807. The highest BCUT2D eigenvalue weighted by atomic mass is 19.2. The topological polar surface area (TPSA) is 47.6 Å². The van der Waals surface area contributed by atoms with Gasteiger partial charge in [0.05, 0.1) is 20.3 Å². The summed E-state index contributed by atoms with van der Waals surface area (Å²) >= 11 is 0. The number of methoxy groups -OCH3 is 2. The van der Waals surface area contributed by atoms with E-state index in [0.29, 0.717) is 17.1 Å². The summed E-state index contributed by atoms with van der Waals surface area (Å²) in [7, 11) is 3.07. The molecule has 6 heteroatoms. The fourth-order valence-corrected chi connectivity index (χ4v) is 2.25. The number of hydrogen-bond acceptors (Lipinski definition) is 3. The molecular weight excluding hydrogens is 328 g/mol. The van der Waals surface area contributed by atoms with E-state index in [-0.39, 0.29) is 5.91 Å². The lowest BCUT2D eigenvalue weighted by atomic mass is 10.1. The van der Waals surface area contributed by atoms with Gasteiger partial charge in [-0.25, -0.2) is 8.78 Å². The molecule has 1 atom stereocenters. The first-order chi connectivity index (χ1) is 11.9. The minimum Gasteiger partial charge on any atom is -0.493 e. The molecule has 0 aliphatic rings. The summed E-state index contributed by atoms with van der Waals surface area (Å²) in [6.45, 7) is 1.69. The summed E-state index contributed by atoms with van der Waals surface area (Å²) in [4.78, 5) is 12.0. The minimum atomic E-state index is -0.945. The van der Waals surface area contributed by atoms with Crippen molar-refractivity contribution in [1.82, 2.24) is 5.32 Å². The van der Waals surface area contributed by atoms with Crippen molar-refractivity contribution in [2.24, 2.45) is 0 Å². The van der Waals surface area contributed by atoms with Crippen LogP contribution >= 0.6 is 0 Å². The first kappa shape index (κ1) is 18.4. The second-order valence-corrected chi connectivity index (χ2v) is 5.35. The maximum atomic E-state index is 13.3. The highest BCUT2D eigenvalue weighted by molar-refractivity contribution is 5.92. The van der Waals surface area contributed by atoms with Crippen molar-refractivity contribution in [1.29, 1.82) is 0 Å². The maximum absolute atomic E-state index is 13.3. The number of halogens is 2. The van der Waals surface area contributed by atoms with Gasteiger partial charge >= 0.3 is 0 Å². The Labute approximate surface area is 145 Å². The van der Waals surface area contributed by atoms with Gasteiger partial charge in [0.2, 0.25) is 5.91 Å². The number of carbonyl (C=O) groups is 1. The molecule has 0 saturated carbocycles. The van der Waals surface area contributed by atoms with Crippen LogP contribution in [-0.2, 0) is 4.79 Å². The summed E-state index contributed by atoms with van der Waals surface area (Å²) in [6.07, 6.45) is 2.98. The van der Waals surface area contributed by atoms with Crippen molar-refractivity contribution >= 4 is 12.0 Å². The fourth-order valence-electron chi connectivity index (χ4n) is 2.25. The van der Waals surface area contributed by atoms with Gasteiger partial charge < -0.3 is 14.8 Å². The minimum absolute atomic E-state index is 0.355. The highest BCUT2D eigenvalue weighted by Crippen LogP contribution is 2.28. The zero-order valence-corrected chi connectivity index (χ0v) is 14.2. The van der Waals surface area contributed by atoms with Gasteiger partial charge in [-0.1, -0.05) is 12.1 Å². The van der Waals surface area contributed by atoms with Crippen LogP contribution in [0.5, 0.6) is 11.5 Å². The van der Waals surface area contributed by atoms with Gasteiger partial charge in [-0.15, -0.1) is 0 Å². The second kappa shape index (κ2) is 8.28. The molecule has 0 spiro atoms. The van der Waals surface area contributed by atoms with Crippen LogP contribution in [0.2, 0.25) is 0 Å². The van der Waals surface area contributed by atoms with Crippen molar-refractivity contribution in [3.63, 3.8) is 0 Å². The Bertz CT molecular complexity index is 790. The number of benzene rings is 2. The molecule has 0 bridgehead atoms. The molecule has 2 aromatic rings. The summed E-state index contributed by atoms with van der Waals surface area (Å²) in [5.74, 6) is -1.07. The van der Waals surface area contributed by atoms with E-state index in [4.69, 9.17) is 9.47 Å². The van der Waals surface area contributed by atoms with Gasteiger partial charge in [0.1, 0.15) is 0 Å². The summed E-state index contributed by atoms with van der Waals surface area (Å²) in [5.41, 5.74) is 1.24. The molecule has 0 aromatic heterocycles. The van der Waals surface area contributed by atoms with Crippen molar-refractivity contribution in [2.75, 3.05) is 14.2 Å². The van der Waals surface area contributed by atoms with E-state index < -0.39 is 17.7 Å². The summed E-state index contributed by atoms with van der Waals surface area (Å²) in [5, 5.41) is 2.69. The predicted octanol–water partition coefficient (Wildman–Crippen LogP) is 3.87. The molecule has 0 aliphatic heterocycles. The average molecular weight is 347 g/mol. The van der Waals surface area contributed by atoms with Crippen LogP contribution in [0.15, 0.2) is 42.5 Å². The van der Waals surface area contributed by atoms with Crippen molar-refractivity contribution in [2.45, 2.75) is 13.0 Å². The van der Waals surface area contributed by atoms with Crippen LogP contribution in [0.1, 0.15) is 24.1 Å².